The molecule has 1 fully saturated rings. The van der Waals surface area contributed by atoms with Crippen molar-refractivity contribution in [3.05, 3.63) is 92.6 Å². The summed E-state index contributed by atoms with van der Waals surface area (Å²) in [7, 11) is 0. The van der Waals surface area contributed by atoms with Crippen LogP contribution in [-0.2, 0) is 6.54 Å². The number of para-hydroxylation sites is 2. The van der Waals surface area contributed by atoms with E-state index in [1.54, 1.807) is 29.0 Å². The van der Waals surface area contributed by atoms with Gasteiger partial charge in [0.15, 0.2) is 0 Å². The van der Waals surface area contributed by atoms with Crippen molar-refractivity contribution in [1.82, 2.24) is 19.4 Å². The first-order valence-electron chi connectivity index (χ1n) is 11.8. The number of imidazole rings is 1. The van der Waals surface area contributed by atoms with Gasteiger partial charge in [0.05, 0.1) is 33.5 Å². The summed E-state index contributed by atoms with van der Waals surface area (Å²) < 4.78 is 3.62. The molecule has 2 aromatic carbocycles. The molecule has 1 N–H and O–H groups in total. The molecule has 35 heavy (non-hydrogen) atoms. The average Bonchev–Trinajstić information content (AvgIpc) is 3.13. The molecule has 5 rings (SSSR count). The molecular weight excluding hydrogens is 483 g/mol. The van der Waals surface area contributed by atoms with Crippen LogP contribution in [-0.4, -0.2) is 26.1 Å². The summed E-state index contributed by atoms with van der Waals surface area (Å²) in [5, 5.41) is 3.97. The molecule has 1 aliphatic rings. The van der Waals surface area contributed by atoms with Crippen LogP contribution in [0.1, 0.15) is 41.7 Å². The summed E-state index contributed by atoms with van der Waals surface area (Å²) in [5.74, 6) is 0.151. The van der Waals surface area contributed by atoms with Gasteiger partial charge in [0.2, 0.25) is 0 Å². The Kier molecular flexibility index (Phi) is 6.67. The number of amides is 1. The van der Waals surface area contributed by atoms with Gasteiger partial charge in [0.1, 0.15) is 0 Å². The number of halogens is 2. The Hall–Kier alpha value is -3.09. The zero-order chi connectivity index (χ0) is 24.5. The van der Waals surface area contributed by atoms with Crippen molar-refractivity contribution >= 4 is 40.1 Å². The maximum Gasteiger partial charge on any atom is 0.333 e. The molecule has 180 valence electrons. The van der Waals surface area contributed by atoms with E-state index in [2.05, 4.69) is 10.3 Å². The van der Waals surface area contributed by atoms with E-state index in [1.807, 2.05) is 47.9 Å². The number of aromatic nitrogens is 3. The Morgan fingerprint density at radius 3 is 2.49 bits per heavy atom. The van der Waals surface area contributed by atoms with Crippen molar-refractivity contribution in [3.8, 4) is 5.69 Å². The van der Waals surface area contributed by atoms with Gasteiger partial charge >= 0.3 is 5.69 Å². The van der Waals surface area contributed by atoms with Crippen LogP contribution < -0.4 is 11.0 Å². The highest BCUT2D eigenvalue weighted by atomic mass is 35.5. The van der Waals surface area contributed by atoms with Crippen molar-refractivity contribution in [2.24, 2.45) is 5.92 Å². The fourth-order valence-electron chi connectivity index (χ4n) is 4.91. The molecule has 0 aliphatic heterocycles. The normalized spacial score (nSPS) is 18.0. The largest absolute Gasteiger partial charge is 0.349 e. The van der Waals surface area contributed by atoms with E-state index < -0.39 is 0 Å². The van der Waals surface area contributed by atoms with Gasteiger partial charge in [-0.05, 0) is 81.0 Å². The standard InChI is InChI=1S/C27H26Cl2N4O2/c1-17-6-12-21(15-30-17)33-25-5-3-2-4-24(25)32(27(33)35)16-18-7-10-20(11-8-18)31-26(34)22-14-19(28)9-13-23(22)29/h2-6,9,12-15,18,20H,7-8,10-11,16H2,1H3,(H,31,34)/t18-,20-. The van der Waals surface area contributed by atoms with Crippen LogP contribution >= 0.6 is 23.2 Å². The molecule has 1 amide bonds. The highest BCUT2D eigenvalue weighted by Gasteiger charge is 2.25. The van der Waals surface area contributed by atoms with Gasteiger partial charge in [-0.25, -0.2) is 4.79 Å². The molecule has 1 aliphatic carbocycles. The minimum atomic E-state index is -0.202. The molecule has 2 aromatic heterocycles. The second kappa shape index (κ2) is 9.88. The number of hydrogen-bond acceptors (Lipinski definition) is 3. The van der Waals surface area contributed by atoms with Gasteiger partial charge in [-0.15, -0.1) is 0 Å². The van der Waals surface area contributed by atoms with Crippen molar-refractivity contribution in [2.45, 2.75) is 45.2 Å². The zero-order valence-corrected chi connectivity index (χ0v) is 20.9. The van der Waals surface area contributed by atoms with Gasteiger partial charge < -0.3 is 5.32 Å². The Bertz CT molecular complexity index is 1430. The number of nitrogens with one attached hydrogen (secondary N) is 1. The number of hydrogen-bond donors (Lipinski definition) is 1. The number of pyridine rings is 1. The molecule has 1 saturated carbocycles. The molecule has 0 bridgehead atoms. The molecule has 0 unspecified atom stereocenters. The number of rotatable bonds is 5. The molecule has 8 heteroatoms. The van der Waals surface area contributed by atoms with E-state index in [9.17, 15) is 9.59 Å². The lowest BCUT2D eigenvalue weighted by molar-refractivity contribution is 0.0920. The van der Waals surface area contributed by atoms with Gasteiger partial charge in [-0.2, -0.15) is 0 Å². The van der Waals surface area contributed by atoms with Crippen LogP contribution in [0.4, 0.5) is 0 Å². The lowest BCUT2D eigenvalue weighted by Gasteiger charge is -2.29. The van der Waals surface area contributed by atoms with E-state index in [1.165, 1.54) is 0 Å². The third kappa shape index (κ3) is 4.86. The fraction of sp³-hybridized carbons (Fsp3) is 0.296. The fourth-order valence-corrected chi connectivity index (χ4v) is 5.28. The summed E-state index contributed by atoms with van der Waals surface area (Å²) in [6.07, 6.45) is 5.29. The van der Waals surface area contributed by atoms with E-state index in [-0.39, 0.29) is 17.6 Å². The van der Waals surface area contributed by atoms with Crippen molar-refractivity contribution < 1.29 is 4.79 Å². The zero-order valence-electron chi connectivity index (χ0n) is 19.4. The molecule has 0 saturated heterocycles. The number of nitrogens with zero attached hydrogens (tertiary/aromatic N) is 3. The smallest absolute Gasteiger partial charge is 0.333 e. The van der Waals surface area contributed by atoms with Gasteiger partial charge in [0, 0.05) is 23.3 Å². The number of carbonyl (C=O) groups excluding carboxylic acids is 1. The monoisotopic (exact) mass is 508 g/mol. The summed E-state index contributed by atoms with van der Waals surface area (Å²) in [6, 6.07) is 16.7. The number of fused-ring (bicyclic) bond motifs is 1. The second-order valence-corrected chi connectivity index (χ2v) is 10.0. The van der Waals surface area contributed by atoms with Crippen LogP contribution in [0.3, 0.4) is 0 Å². The quantitative estimate of drug-likeness (QED) is 0.370. The predicted molar refractivity (Wildman–Crippen MR) is 140 cm³/mol. The molecule has 0 spiro atoms. The third-order valence-corrected chi connectivity index (χ3v) is 7.35. The number of aryl methyl sites for hydroxylation is 1. The van der Waals surface area contributed by atoms with E-state index in [0.717, 1.165) is 48.1 Å². The van der Waals surface area contributed by atoms with Gasteiger partial charge in [0.25, 0.3) is 5.91 Å². The van der Waals surface area contributed by atoms with Gasteiger partial charge in [-0.3, -0.25) is 18.9 Å². The number of benzene rings is 2. The van der Waals surface area contributed by atoms with Crippen molar-refractivity contribution in [3.63, 3.8) is 0 Å². The summed E-state index contributed by atoms with van der Waals surface area (Å²) in [5.41, 5.74) is 3.81. The average molecular weight is 509 g/mol. The number of carbonyl (C=O) groups is 1. The molecule has 2 heterocycles. The third-order valence-electron chi connectivity index (χ3n) is 6.79. The maximum absolute atomic E-state index is 13.5. The first kappa shape index (κ1) is 23.6. The van der Waals surface area contributed by atoms with Crippen LogP contribution in [0.2, 0.25) is 10.0 Å². The topological polar surface area (TPSA) is 68.9 Å². The van der Waals surface area contributed by atoms with E-state index in [4.69, 9.17) is 23.2 Å². The van der Waals surface area contributed by atoms with Gasteiger partial charge in [-0.1, -0.05) is 35.3 Å². The Labute approximate surface area is 213 Å². The van der Waals surface area contributed by atoms with Crippen molar-refractivity contribution in [2.75, 3.05) is 0 Å². The van der Waals surface area contributed by atoms with Crippen LogP contribution in [0, 0.1) is 12.8 Å². The van der Waals surface area contributed by atoms with E-state index >= 15 is 0 Å². The highest BCUT2D eigenvalue weighted by molar-refractivity contribution is 6.35. The molecule has 4 aromatic rings. The van der Waals surface area contributed by atoms with Crippen LogP contribution in [0.5, 0.6) is 0 Å². The summed E-state index contributed by atoms with van der Waals surface area (Å²) >= 11 is 12.2. The Morgan fingerprint density at radius 1 is 1.03 bits per heavy atom. The lowest BCUT2D eigenvalue weighted by Crippen LogP contribution is -2.38. The van der Waals surface area contributed by atoms with Crippen molar-refractivity contribution in [1.29, 1.82) is 0 Å². The summed E-state index contributed by atoms with van der Waals surface area (Å²) in [4.78, 5) is 30.6. The second-order valence-electron chi connectivity index (χ2n) is 9.19. The minimum Gasteiger partial charge on any atom is -0.349 e. The Balaban J connectivity index is 1.30. The van der Waals surface area contributed by atoms with E-state index in [0.29, 0.717) is 28.1 Å². The maximum atomic E-state index is 13.5. The predicted octanol–water partition coefficient (Wildman–Crippen LogP) is 5.79. The Morgan fingerprint density at radius 2 is 1.77 bits per heavy atom. The molecular formula is C27H26Cl2N4O2. The van der Waals surface area contributed by atoms with Crippen LogP contribution in [0.25, 0.3) is 16.7 Å². The SMILES string of the molecule is Cc1ccc(-n2c(=O)n(C[C@H]3CC[C@H](NC(=O)c4cc(Cl)ccc4Cl)CC3)c3ccccc32)cn1. The molecule has 0 radical (unpaired) electrons. The molecule has 0 atom stereocenters. The molecule has 6 nitrogen and oxygen atoms in total. The first-order valence-corrected chi connectivity index (χ1v) is 12.6. The first-order chi connectivity index (χ1) is 16.9. The highest BCUT2D eigenvalue weighted by Crippen LogP contribution is 2.28. The van der Waals surface area contributed by atoms with Crippen LogP contribution in [0.15, 0.2) is 65.6 Å². The lowest BCUT2D eigenvalue weighted by atomic mass is 9.85. The summed E-state index contributed by atoms with van der Waals surface area (Å²) in [6.45, 7) is 2.57. The minimum absolute atomic E-state index is 0.0529.